The van der Waals surface area contributed by atoms with Gasteiger partial charge in [-0.15, -0.1) is 0 Å². The highest BCUT2D eigenvalue weighted by molar-refractivity contribution is 5.98. The number of phenolic OH excluding ortho intramolecular Hbond substituents is 1. The van der Waals surface area contributed by atoms with Gasteiger partial charge in [0.1, 0.15) is 36.2 Å². The zero-order valence-electron chi connectivity index (χ0n) is 38.8. The second kappa shape index (κ2) is 19.5. The average Bonchev–Trinajstić information content (AvgIpc) is 3.94. The van der Waals surface area contributed by atoms with Gasteiger partial charge < -0.3 is 39.8 Å². The van der Waals surface area contributed by atoms with E-state index in [1.54, 1.807) is 36.7 Å². The van der Waals surface area contributed by atoms with Crippen LogP contribution >= 0.6 is 0 Å². The van der Waals surface area contributed by atoms with Crippen molar-refractivity contribution in [2.75, 3.05) is 38.7 Å². The van der Waals surface area contributed by atoms with Gasteiger partial charge >= 0.3 is 5.97 Å². The summed E-state index contributed by atoms with van der Waals surface area (Å²) in [6.07, 6.45) is 6.31. The molecule has 0 unspecified atom stereocenters. The van der Waals surface area contributed by atoms with Crippen LogP contribution in [0.15, 0.2) is 78.2 Å². The maximum atomic E-state index is 14.7. The lowest BCUT2D eigenvalue weighted by Crippen LogP contribution is -2.62. The second-order valence-electron chi connectivity index (χ2n) is 18.6. The van der Waals surface area contributed by atoms with Gasteiger partial charge in [0.25, 0.3) is 17.8 Å². The van der Waals surface area contributed by atoms with E-state index < -0.39 is 47.2 Å². The van der Waals surface area contributed by atoms with Gasteiger partial charge in [0.15, 0.2) is 0 Å². The monoisotopic (exact) mass is 913 g/mol. The number of rotatable bonds is 9. The molecule has 67 heavy (non-hydrogen) atoms. The van der Waals surface area contributed by atoms with Crippen LogP contribution in [0.4, 0.5) is 5.69 Å². The number of benzene rings is 2. The van der Waals surface area contributed by atoms with Crippen molar-refractivity contribution in [3.8, 4) is 28.1 Å². The van der Waals surface area contributed by atoms with Crippen molar-refractivity contribution in [3.05, 3.63) is 95.6 Å². The number of hydrogen-bond donors (Lipinski definition) is 5. The molecule has 5 N–H and O–H groups in total. The predicted octanol–water partition coefficient (Wildman–Crippen LogP) is 5.23. The van der Waals surface area contributed by atoms with Gasteiger partial charge in [-0.1, -0.05) is 39.8 Å². The molecule has 17 heteroatoms. The smallest absolute Gasteiger partial charge is 0.324 e. The van der Waals surface area contributed by atoms with Gasteiger partial charge in [0, 0.05) is 60.8 Å². The zero-order valence-corrected chi connectivity index (χ0v) is 38.8. The number of ether oxygens (including phenoxy) is 2. The highest BCUT2D eigenvalue weighted by Gasteiger charge is 2.38. The lowest BCUT2D eigenvalue weighted by Gasteiger charge is -2.36. The molecule has 6 heterocycles. The van der Waals surface area contributed by atoms with Gasteiger partial charge in [0.2, 0.25) is 5.91 Å². The van der Waals surface area contributed by atoms with Crippen LogP contribution in [-0.2, 0) is 49.9 Å². The molecule has 1 fully saturated rings. The Kier molecular flexibility index (Phi) is 13.6. The Morgan fingerprint density at radius 1 is 1.04 bits per heavy atom. The van der Waals surface area contributed by atoms with Gasteiger partial charge in [0.05, 0.1) is 37.3 Å². The maximum Gasteiger partial charge on any atom is 0.324 e. The molecule has 5 aromatic rings. The molecule has 3 aliphatic heterocycles. The molecule has 352 valence electrons. The van der Waals surface area contributed by atoms with E-state index in [1.165, 1.54) is 23.2 Å². The van der Waals surface area contributed by atoms with E-state index in [0.29, 0.717) is 61.8 Å². The van der Waals surface area contributed by atoms with Crippen LogP contribution in [0.3, 0.4) is 0 Å². The van der Waals surface area contributed by atoms with Crippen LogP contribution in [0.5, 0.6) is 5.75 Å². The number of anilines is 1. The maximum absolute atomic E-state index is 14.7. The summed E-state index contributed by atoms with van der Waals surface area (Å²) < 4.78 is 13.7. The topological polar surface area (TPSA) is 213 Å². The number of cyclic esters (lactones) is 1. The van der Waals surface area contributed by atoms with Crippen molar-refractivity contribution >= 4 is 46.3 Å². The summed E-state index contributed by atoms with van der Waals surface area (Å²) in [7, 11) is 1.53. The van der Waals surface area contributed by atoms with Crippen molar-refractivity contribution in [1.82, 2.24) is 35.2 Å². The summed E-state index contributed by atoms with van der Waals surface area (Å²) in [5.41, 5.74) is 9.69. The standard InChI is InChI=1S/C50H59N9O8/c1-7-58-42-13-10-31-23-36(42)37(44(58)38-26-51-15-14-32(38)27-60)24-50(4,5)28-67-48(65)40-9-8-17-59(56-40)47(64)41(21-30-19-33(31)22-35(61)20-30)55-45(62)43(29(2)3)57(6)46(63)39-12-11-34(25-53-39)54-49-52-16-18-66-49/h10-15,19-20,22-23,25-26,29,40-41,43,56,60-61H,7-9,16-18,21,24,27-28H2,1-6H3,(H,52,54)(H,55,62)/t40-,41-,43-/m0/s1. The number of nitrogens with one attached hydrogen (secondary N) is 3. The van der Waals surface area contributed by atoms with E-state index in [9.17, 15) is 29.4 Å². The number of hydrazine groups is 1. The van der Waals surface area contributed by atoms with Crippen LogP contribution in [0.2, 0.25) is 0 Å². The Hall–Kier alpha value is -6.85. The number of aromatic nitrogens is 3. The number of likely N-dealkylation sites (N-methyl/N-ethyl adjacent to an activating group) is 1. The number of carbonyl (C=O) groups excluding carboxylic acids is 4. The molecule has 8 rings (SSSR count). The second-order valence-corrected chi connectivity index (χ2v) is 18.6. The number of pyridine rings is 2. The van der Waals surface area contributed by atoms with Gasteiger partial charge in [-0.25, -0.2) is 15.4 Å². The van der Waals surface area contributed by atoms with E-state index in [-0.39, 0.29) is 43.5 Å². The molecule has 0 radical (unpaired) electrons. The fourth-order valence-electron chi connectivity index (χ4n) is 9.41. The first-order valence-electron chi connectivity index (χ1n) is 22.9. The summed E-state index contributed by atoms with van der Waals surface area (Å²) in [4.78, 5) is 71.4. The third kappa shape index (κ3) is 9.98. The van der Waals surface area contributed by atoms with E-state index in [4.69, 9.17) is 9.47 Å². The molecule has 17 nitrogen and oxygen atoms in total. The van der Waals surface area contributed by atoms with Crippen molar-refractivity contribution < 1.29 is 38.9 Å². The molecule has 0 spiro atoms. The number of phenols is 1. The summed E-state index contributed by atoms with van der Waals surface area (Å²) in [6, 6.07) is 13.6. The van der Waals surface area contributed by atoms with Crippen LogP contribution in [-0.4, -0.2) is 116 Å². The minimum Gasteiger partial charge on any atom is -0.508 e. The van der Waals surface area contributed by atoms with E-state index in [1.807, 2.05) is 52.0 Å². The van der Waals surface area contributed by atoms with Crippen molar-refractivity contribution in [2.45, 2.75) is 91.6 Å². The Morgan fingerprint density at radius 2 is 1.87 bits per heavy atom. The fraction of sp³-hybridized carbons (Fsp3) is 0.420. The number of aliphatic hydroxyl groups excluding tert-OH is 1. The Balaban J connectivity index is 1.16. The lowest BCUT2D eigenvalue weighted by molar-refractivity contribution is -0.155. The number of fused-ring (bicyclic) bond motifs is 6. The average molecular weight is 914 g/mol. The van der Waals surface area contributed by atoms with Crippen molar-refractivity contribution in [3.63, 3.8) is 0 Å². The normalized spacial score (nSPS) is 19.0. The highest BCUT2D eigenvalue weighted by atomic mass is 16.5. The summed E-state index contributed by atoms with van der Waals surface area (Å²) in [5.74, 6) is -2.48. The van der Waals surface area contributed by atoms with Crippen molar-refractivity contribution in [1.29, 1.82) is 0 Å². The number of aryl methyl sites for hydroxylation is 1. The van der Waals surface area contributed by atoms with E-state index in [2.05, 4.69) is 48.6 Å². The number of aromatic hydroxyl groups is 1. The number of hydrogen-bond acceptors (Lipinski definition) is 13. The minimum absolute atomic E-state index is 0.0302. The molecule has 0 aliphatic carbocycles. The summed E-state index contributed by atoms with van der Waals surface area (Å²) >= 11 is 0. The van der Waals surface area contributed by atoms with Crippen LogP contribution in [0.1, 0.15) is 74.6 Å². The first-order chi connectivity index (χ1) is 32.1. The molecule has 3 aliphatic rings. The Bertz CT molecular complexity index is 2710. The number of aliphatic imine (C=N–C) groups is 1. The Morgan fingerprint density at radius 3 is 2.58 bits per heavy atom. The van der Waals surface area contributed by atoms with Gasteiger partial charge in [-0.05, 0) is 102 Å². The first kappa shape index (κ1) is 46.7. The van der Waals surface area contributed by atoms with Crippen LogP contribution < -0.4 is 16.1 Å². The molecule has 6 bridgehead atoms. The SMILES string of the molecule is CCn1c(-c2cnccc2CO)c2c3cc(ccc31)-c1cc(O)cc(c1)C[C@H](NC(=O)[C@H](C(C)C)N(C)C(=O)c1ccc(NC3=NCCO3)cn1)C(=O)N1CCC[C@H](N1)C(=O)OCC(C)(C)C2. The number of aliphatic hydroxyl groups is 1. The molecule has 3 amide bonds. The number of esters is 1. The number of nitrogens with zero attached hydrogens (tertiary/aromatic N) is 6. The summed E-state index contributed by atoms with van der Waals surface area (Å²) in [6.45, 7) is 11.6. The molecule has 1 saturated heterocycles. The van der Waals surface area contributed by atoms with E-state index in [0.717, 1.165) is 38.9 Å². The summed E-state index contributed by atoms with van der Waals surface area (Å²) in [5, 5.41) is 30.1. The molecule has 3 atom stereocenters. The minimum atomic E-state index is -1.19. The number of carbonyl (C=O) groups is 4. The number of amidine groups is 1. The molecule has 3 aromatic heterocycles. The molecular formula is C50H59N9O8. The third-order valence-corrected chi connectivity index (χ3v) is 12.6. The van der Waals surface area contributed by atoms with Crippen molar-refractivity contribution in [2.24, 2.45) is 16.3 Å². The third-order valence-electron chi connectivity index (χ3n) is 12.6. The quantitative estimate of drug-likeness (QED) is 0.120. The molecule has 2 aromatic carbocycles. The molecule has 0 saturated carbocycles. The van der Waals surface area contributed by atoms with Gasteiger partial charge in [-0.2, -0.15) is 0 Å². The van der Waals surface area contributed by atoms with Gasteiger partial charge in [-0.3, -0.25) is 29.2 Å². The van der Waals surface area contributed by atoms with E-state index >= 15 is 0 Å². The lowest BCUT2D eigenvalue weighted by atomic mass is 9.84. The Labute approximate surface area is 389 Å². The zero-order chi connectivity index (χ0) is 47.6. The number of amides is 3. The first-order valence-corrected chi connectivity index (χ1v) is 22.9. The fourth-order valence-corrected chi connectivity index (χ4v) is 9.41. The van der Waals surface area contributed by atoms with Crippen LogP contribution in [0, 0.1) is 11.3 Å². The largest absolute Gasteiger partial charge is 0.508 e. The highest BCUT2D eigenvalue weighted by Crippen LogP contribution is 2.41. The predicted molar refractivity (Wildman–Crippen MR) is 253 cm³/mol. The van der Waals surface area contributed by atoms with Crippen LogP contribution in [0.25, 0.3) is 33.3 Å². The molecular weight excluding hydrogens is 855 g/mol.